The third kappa shape index (κ3) is 4.15. The predicted octanol–water partition coefficient (Wildman–Crippen LogP) is 0.422. The fourth-order valence-corrected chi connectivity index (χ4v) is 3.70. The lowest BCUT2D eigenvalue weighted by molar-refractivity contribution is 0.122. The molecular formula is C13H19ClN4O3S. The van der Waals surface area contributed by atoms with Crippen LogP contribution in [-0.2, 0) is 14.8 Å². The molecule has 9 heteroatoms. The minimum Gasteiger partial charge on any atom is -0.383 e. The Morgan fingerprint density at radius 2 is 2.36 bits per heavy atom. The normalized spacial score (nSPS) is 21.1. The quantitative estimate of drug-likeness (QED) is 0.773. The molecule has 1 aromatic rings. The van der Waals surface area contributed by atoms with Crippen molar-refractivity contribution in [3.63, 3.8) is 0 Å². The molecule has 1 fully saturated rings. The number of ether oxygens (including phenoxy) is 1. The maximum absolute atomic E-state index is 12.3. The molecular weight excluding hydrogens is 328 g/mol. The predicted molar refractivity (Wildman–Crippen MR) is 83.2 cm³/mol. The number of nitriles is 1. The first-order valence-electron chi connectivity index (χ1n) is 6.62. The van der Waals surface area contributed by atoms with E-state index in [0.717, 1.165) is 19.4 Å². The van der Waals surface area contributed by atoms with Crippen molar-refractivity contribution in [1.29, 1.82) is 5.26 Å². The molecule has 2 N–H and O–H groups in total. The van der Waals surface area contributed by atoms with E-state index in [1.165, 1.54) is 18.3 Å². The summed E-state index contributed by atoms with van der Waals surface area (Å²) in [6, 6.07) is 4.66. The molecule has 0 aliphatic carbocycles. The Morgan fingerprint density at radius 1 is 1.59 bits per heavy atom. The van der Waals surface area contributed by atoms with Crippen LogP contribution >= 0.6 is 12.4 Å². The fourth-order valence-electron chi connectivity index (χ4n) is 2.47. The third-order valence-electron chi connectivity index (χ3n) is 3.52. The van der Waals surface area contributed by atoms with Crippen molar-refractivity contribution >= 4 is 22.4 Å². The Hall–Kier alpha value is -1.24. The van der Waals surface area contributed by atoms with Crippen LogP contribution in [0.2, 0.25) is 0 Å². The van der Waals surface area contributed by atoms with Gasteiger partial charge in [-0.2, -0.15) is 5.26 Å². The Kier molecular flexibility index (Phi) is 6.71. The molecule has 1 aliphatic rings. The lowest BCUT2D eigenvalue weighted by atomic mass is 9.99. The second-order valence-electron chi connectivity index (χ2n) is 5.03. The van der Waals surface area contributed by atoms with Gasteiger partial charge in [0.2, 0.25) is 10.0 Å². The maximum Gasteiger partial charge on any atom is 0.243 e. The van der Waals surface area contributed by atoms with Crippen molar-refractivity contribution in [1.82, 2.24) is 15.0 Å². The molecule has 0 radical (unpaired) electrons. The van der Waals surface area contributed by atoms with Gasteiger partial charge in [0.05, 0.1) is 12.1 Å². The van der Waals surface area contributed by atoms with Gasteiger partial charge in [-0.3, -0.25) is 0 Å². The smallest absolute Gasteiger partial charge is 0.243 e. The minimum atomic E-state index is -3.78. The number of nitrogens with zero attached hydrogens (tertiary/aromatic N) is 2. The third-order valence-corrected chi connectivity index (χ3v) is 4.95. The van der Waals surface area contributed by atoms with Crippen LogP contribution in [0.4, 0.5) is 0 Å². The van der Waals surface area contributed by atoms with Gasteiger partial charge < -0.3 is 10.1 Å². The molecule has 0 spiro atoms. The number of rotatable bonds is 6. The van der Waals surface area contributed by atoms with Gasteiger partial charge in [0.15, 0.2) is 5.69 Å². The molecule has 0 bridgehead atoms. The standard InChI is InChI=1S/C13H18N4O3S.ClH/c1-20-10-13(5-3-7-16-13)9-17-21(18,19)12-4-2-6-15-11(12)8-14;/h2,4,6,16-17H,3,5,7,9-10H2,1H3;1H. The van der Waals surface area contributed by atoms with Gasteiger partial charge in [-0.05, 0) is 31.5 Å². The van der Waals surface area contributed by atoms with E-state index in [4.69, 9.17) is 10.00 Å². The number of hydrogen-bond donors (Lipinski definition) is 2. The van der Waals surface area contributed by atoms with Gasteiger partial charge in [-0.1, -0.05) is 0 Å². The van der Waals surface area contributed by atoms with E-state index in [2.05, 4.69) is 15.0 Å². The summed E-state index contributed by atoms with van der Waals surface area (Å²) >= 11 is 0. The fraction of sp³-hybridized carbons (Fsp3) is 0.538. The first-order chi connectivity index (χ1) is 10.0. The highest BCUT2D eigenvalue weighted by Crippen LogP contribution is 2.20. The van der Waals surface area contributed by atoms with Crippen molar-refractivity contribution in [3.8, 4) is 6.07 Å². The summed E-state index contributed by atoms with van der Waals surface area (Å²) in [5, 5.41) is 12.3. The van der Waals surface area contributed by atoms with Crippen LogP contribution in [0.3, 0.4) is 0 Å². The van der Waals surface area contributed by atoms with Crippen LogP contribution in [0.5, 0.6) is 0 Å². The molecule has 1 saturated heterocycles. The molecule has 1 unspecified atom stereocenters. The van der Waals surface area contributed by atoms with Crippen LogP contribution < -0.4 is 10.0 Å². The maximum atomic E-state index is 12.3. The Balaban J connectivity index is 0.00000242. The van der Waals surface area contributed by atoms with Crippen molar-refractivity contribution in [3.05, 3.63) is 24.0 Å². The second-order valence-corrected chi connectivity index (χ2v) is 6.77. The number of hydrogen-bond acceptors (Lipinski definition) is 6. The number of aromatic nitrogens is 1. The van der Waals surface area contributed by atoms with Gasteiger partial charge in [0.1, 0.15) is 11.0 Å². The van der Waals surface area contributed by atoms with Crippen molar-refractivity contribution in [2.75, 3.05) is 26.8 Å². The van der Waals surface area contributed by atoms with E-state index in [1.807, 2.05) is 0 Å². The molecule has 1 aliphatic heterocycles. The van der Waals surface area contributed by atoms with Gasteiger partial charge in [0, 0.05) is 19.9 Å². The van der Waals surface area contributed by atoms with Crippen LogP contribution in [0.1, 0.15) is 18.5 Å². The molecule has 7 nitrogen and oxygen atoms in total. The molecule has 122 valence electrons. The van der Waals surface area contributed by atoms with Gasteiger partial charge in [0.25, 0.3) is 0 Å². The van der Waals surface area contributed by atoms with Crippen molar-refractivity contribution in [2.45, 2.75) is 23.3 Å². The van der Waals surface area contributed by atoms with Crippen molar-refractivity contribution in [2.24, 2.45) is 0 Å². The molecule has 1 atom stereocenters. The summed E-state index contributed by atoms with van der Waals surface area (Å²) in [6.07, 6.45) is 3.20. The van der Waals surface area contributed by atoms with E-state index in [0.29, 0.717) is 6.61 Å². The van der Waals surface area contributed by atoms with Gasteiger partial charge in [-0.15, -0.1) is 12.4 Å². The highest BCUT2D eigenvalue weighted by Gasteiger charge is 2.35. The van der Waals surface area contributed by atoms with E-state index >= 15 is 0 Å². The second kappa shape index (κ2) is 7.85. The van der Waals surface area contributed by atoms with Crippen LogP contribution in [0.15, 0.2) is 23.2 Å². The van der Waals surface area contributed by atoms with Crippen LogP contribution in [-0.4, -0.2) is 45.7 Å². The lowest BCUT2D eigenvalue weighted by Gasteiger charge is -2.28. The zero-order valence-corrected chi connectivity index (χ0v) is 13.8. The molecule has 1 aromatic heterocycles. The van der Waals surface area contributed by atoms with Crippen molar-refractivity contribution < 1.29 is 13.2 Å². The summed E-state index contributed by atoms with van der Waals surface area (Å²) in [5.74, 6) is 0. The first-order valence-corrected chi connectivity index (χ1v) is 8.10. The molecule has 2 rings (SSSR count). The molecule has 2 heterocycles. The van der Waals surface area contributed by atoms with E-state index in [1.54, 1.807) is 13.2 Å². The first kappa shape index (κ1) is 18.8. The van der Waals surface area contributed by atoms with Gasteiger partial charge in [-0.25, -0.2) is 18.1 Å². The largest absolute Gasteiger partial charge is 0.383 e. The average molecular weight is 347 g/mol. The Morgan fingerprint density at radius 3 is 2.95 bits per heavy atom. The Labute approximate surface area is 136 Å². The number of sulfonamides is 1. The highest BCUT2D eigenvalue weighted by molar-refractivity contribution is 7.89. The van der Waals surface area contributed by atoms with E-state index in [-0.39, 0.29) is 29.5 Å². The van der Waals surface area contributed by atoms with Crippen LogP contribution in [0.25, 0.3) is 0 Å². The summed E-state index contributed by atoms with van der Waals surface area (Å²) in [6.45, 7) is 1.47. The summed E-state index contributed by atoms with van der Waals surface area (Å²) in [5.41, 5.74) is -0.498. The topological polar surface area (TPSA) is 104 Å². The SMILES string of the molecule is COCC1(CNS(=O)(=O)c2cccnc2C#N)CCCN1.Cl. The van der Waals surface area contributed by atoms with Gasteiger partial charge >= 0.3 is 0 Å². The monoisotopic (exact) mass is 346 g/mol. The molecule has 0 saturated carbocycles. The van der Waals surface area contributed by atoms with E-state index in [9.17, 15) is 8.42 Å². The molecule has 22 heavy (non-hydrogen) atoms. The average Bonchev–Trinajstić information content (AvgIpc) is 2.95. The number of methoxy groups -OCH3 is 1. The zero-order valence-electron chi connectivity index (χ0n) is 12.2. The molecule has 0 amide bonds. The Bertz CT molecular complexity index is 639. The number of halogens is 1. The zero-order chi connectivity index (χ0) is 15.3. The highest BCUT2D eigenvalue weighted by atomic mass is 35.5. The minimum absolute atomic E-state index is 0. The summed E-state index contributed by atoms with van der Waals surface area (Å²) in [7, 11) is -2.19. The number of nitrogens with one attached hydrogen (secondary N) is 2. The van der Waals surface area contributed by atoms with Crippen LogP contribution in [0, 0.1) is 11.3 Å². The molecule has 0 aromatic carbocycles. The summed E-state index contributed by atoms with van der Waals surface area (Å²) in [4.78, 5) is 3.68. The summed E-state index contributed by atoms with van der Waals surface area (Å²) < 4.78 is 32.4. The number of pyridine rings is 1. The lowest BCUT2D eigenvalue weighted by Crippen LogP contribution is -2.52. The van der Waals surface area contributed by atoms with E-state index < -0.39 is 15.6 Å².